The maximum absolute atomic E-state index is 5.59. The molecule has 1 aliphatic heterocycles. The van der Waals surface area contributed by atoms with E-state index in [1.807, 2.05) is 6.07 Å². The highest BCUT2D eigenvalue weighted by molar-refractivity contribution is 5.85. The van der Waals surface area contributed by atoms with Gasteiger partial charge in [-0.3, -0.25) is 0 Å². The molecule has 0 spiro atoms. The molecule has 0 radical (unpaired) electrons. The predicted octanol–water partition coefficient (Wildman–Crippen LogP) is 6.21. The number of hydrogen-bond donors (Lipinski definition) is 2. The van der Waals surface area contributed by atoms with E-state index in [0.717, 1.165) is 30.1 Å². The van der Waals surface area contributed by atoms with E-state index >= 15 is 0 Å². The van der Waals surface area contributed by atoms with Gasteiger partial charge in [0.1, 0.15) is 5.75 Å². The van der Waals surface area contributed by atoms with Crippen LogP contribution in [0.2, 0.25) is 0 Å². The molecular formula is C25H29ClN2O. The van der Waals surface area contributed by atoms with Gasteiger partial charge in [0.25, 0.3) is 0 Å². The Morgan fingerprint density at radius 2 is 1.79 bits per heavy atom. The molecule has 3 nitrogen and oxygen atoms in total. The predicted molar refractivity (Wildman–Crippen MR) is 124 cm³/mol. The van der Waals surface area contributed by atoms with Crippen LogP contribution in [-0.2, 0) is 6.54 Å². The first-order valence-electron chi connectivity index (χ1n) is 10.1. The van der Waals surface area contributed by atoms with Gasteiger partial charge in [-0.15, -0.1) is 12.4 Å². The molecule has 1 fully saturated rings. The van der Waals surface area contributed by atoms with Gasteiger partial charge in [0.15, 0.2) is 0 Å². The average molecular weight is 409 g/mol. The van der Waals surface area contributed by atoms with Crippen LogP contribution in [0.3, 0.4) is 0 Å². The van der Waals surface area contributed by atoms with Crippen LogP contribution >= 0.6 is 12.4 Å². The van der Waals surface area contributed by atoms with Gasteiger partial charge in [-0.25, -0.2) is 0 Å². The molecule has 1 saturated heterocycles. The maximum Gasteiger partial charge on any atom is 0.123 e. The van der Waals surface area contributed by atoms with Crippen LogP contribution in [0.1, 0.15) is 36.4 Å². The van der Waals surface area contributed by atoms with E-state index in [-0.39, 0.29) is 12.4 Å². The van der Waals surface area contributed by atoms with Crippen molar-refractivity contribution in [2.24, 2.45) is 0 Å². The Bertz CT molecular complexity index is 908. The van der Waals surface area contributed by atoms with E-state index < -0.39 is 0 Å². The molecule has 0 saturated carbocycles. The molecule has 0 bridgehead atoms. The minimum atomic E-state index is 0. The molecule has 0 amide bonds. The van der Waals surface area contributed by atoms with Crippen molar-refractivity contribution in [3.63, 3.8) is 0 Å². The number of ether oxygens (including phenoxy) is 1. The lowest BCUT2D eigenvalue weighted by Crippen LogP contribution is -2.26. The summed E-state index contributed by atoms with van der Waals surface area (Å²) in [4.78, 5) is 0. The van der Waals surface area contributed by atoms with Crippen LogP contribution in [-0.4, -0.2) is 13.7 Å². The number of nitrogens with one attached hydrogen (secondary N) is 2. The van der Waals surface area contributed by atoms with Gasteiger partial charge in [-0.05, 0) is 60.3 Å². The number of methoxy groups -OCH3 is 1. The van der Waals surface area contributed by atoms with Gasteiger partial charge in [0.2, 0.25) is 0 Å². The molecule has 1 aliphatic rings. The van der Waals surface area contributed by atoms with Gasteiger partial charge in [-0.1, -0.05) is 55.0 Å². The van der Waals surface area contributed by atoms with E-state index in [4.69, 9.17) is 4.74 Å². The molecule has 4 rings (SSSR count). The van der Waals surface area contributed by atoms with Gasteiger partial charge >= 0.3 is 0 Å². The van der Waals surface area contributed by atoms with Crippen LogP contribution in [0.4, 0.5) is 5.69 Å². The topological polar surface area (TPSA) is 33.3 Å². The first kappa shape index (κ1) is 21.2. The summed E-state index contributed by atoms with van der Waals surface area (Å²) < 4.78 is 5.59. The normalized spacial score (nSPS) is 16.0. The zero-order valence-corrected chi connectivity index (χ0v) is 17.7. The highest BCUT2D eigenvalue weighted by atomic mass is 35.5. The molecule has 0 unspecified atom stereocenters. The Balaban J connectivity index is 0.00000240. The van der Waals surface area contributed by atoms with Crippen molar-refractivity contribution in [3.8, 4) is 16.9 Å². The highest BCUT2D eigenvalue weighted by Gasteiger charge is 2.14. The number of piperidine rings is 1. The fourth-order valence-corrected chi connectivity index (χ4v) is 3.93. The van der Waals surface area contributed by atoms with Crippen LogP contribution in [0, 0.1) is 0 Å². The van der Waals surface area contributed by atoms with E-state index in [0.29, 0.717) is 6.04 Å². The zero-order chi connectivity index (χ0) is 19.2. The molecule has 3 aromatic rings. The first-order chi connectivity index (χ1) is 13.8. The lowest BCUT2D eigenvalue weighted by molar-refractivity contribution is 0.410. The van der Waals surface area contributed by atoms with Crippen molar-refractivity contribution in [1.82, 2.24) is 5.32 Å². The number of halogens is 1. The number of rotatable bonds is 6. The second-order valence-corrected chi connectivity index (χ2v) is 7.37. The monoisotopic (exact) mass is 408 g/mol. The Kier molecular flexibility index (Phi) is 7.56. The molecule has 4 heteroatoms. The molecule has 1 heterocycles. The van der Waals surface area contributed by atoms with Gasteiger partial charge < -0.3 is 15.4 Å². The van der Waals surface area contributed by atoms with Crippen molar-refractivity contribution < 1.29 is 4.74 Å². The van der Waals surface area contributed by atoms with Crippen molar-refractivity contribution in [2.75, 3.05) is 19.0 Å². The number of hydrogen-bond acceptors (Lipinski definition) is 3. The van der Waals surface area contributed by atoms with E-state index in [2.05, 4.69) is 77.4 Å². The Labute approximate surface area is 179 Å². The minimum Gasteiger partial charge on any atom is -0.496 e. The Hall–Kier alpha value is -2.49. The van der Waals surface area contributed by atoms with Crippen molar-refractivity contribution >= 4 is 18.1 Å². The molecular weight excluding hydrogens is 380 g/mol. The third kappa shape index (κ3) is 5.31. The summed E-state index contributed by atoms with van der Waals surface area (Å²) in [5.41, 5.74) is 6.10. The molecule has 3 aromatic carbocycles. The maximum atomic E-state index is 5.59. The van der Waals surface area contributed by atoms with Crippen LogP contribution < -0.4 is 15.4 Å². The second-order valence-electron chi connectivity index (χ2n) is 7.37. The summed E-state index contributed by atoms with van der Waals surface area (Å²) in [6.07, 6.45) is 3.81. The lowest BCUT2D eigenvalue weighted by Gasteiger charge is -2.24. The zero-order valence-electron chi connectivity index (χ0n) is 16.9. The average Bonchev–Trinajstić information content (AvgIpc) is 2.79. The largest absolute Gasteiger partial charge is 0.496 e. The van der Waals surface area contributed by atoms with Gasteiger partial charge in [0, 0.05) is 23.8 Å². The lowest BCUT2D eigenvalue weighted by atomic mass is 9.97. The molecule has 0 aliphatic carbocycles. The third-order valence-corrected chi connectivity index (χ3v) is 5.47. The third-order valence-electron chi connectivity index (χ3n) is 5.47. The quantitative estimate of drug-likeness (QED) is 0.508. The second kappa shape index (κ2) is 10.3. The smallest absolute Gasteiger partial charge is 0.123 e. The van der Waals surface area contributed by atoms with Gasteiger partial charge in [-0.2, -0.15) is 0 Å². The number of benzene rings is 3. The Morgan fingerprint density at radius 1 is 0.931 bits per heavy atom. The van der Waals surface area contributed by atoms with Crippen LogP contribution in [0.25, 0.3) is 11.1 Å². The summed E-state index contributed by atoms with van der Waals surface area (Å²) in [5, 5.41) is 7.22. The van der Waals surface area contributed by atoms with Crippen molar-refractivity contribution in [2.45, 2.75) is 31.8 Å². The summed E-state index contributed by atoms with van der Waals surface area (Å²) in [5.74, 6) is 0.914. The highest BCUT2D eigenvalue weighted by Crippen LogP contribution is 2.28. The number of anilines is 1. The van der Waals surface area contributed by atoms with E-state index in [1.165, 1.54) is 36.0 Å². The van der Waals surface area contributed by atoms with E-state index in [9.17, 15) is 0 Å². The summed E-state index contributed by atoms with van der Waals surface area (Å²) in [6, 6.07) is 26.1. The standard InChI is InChI=1S/C25H28N2O.ClH/c1-28-25-14-13-20(19-8-3-2-4-9-19)16-22(25)18-27-23-11-7-10-21(17-23)24-12-5-6-15-26-24;/h2-4,7-11,13-14,16-17,24,26-27H,5-6,12,15,18H2,1H3;1H/t24-;/m0./s1. The van der Waals surface area contributed by atoms with Crippen molar-refractivity contribution in [3.05, 3.63) is 83.9 Å². The van der Waals surface area contributed by atoms with Crippen LogP contribution in [0.5, 0.6) is 5.75 Å². The molecule has 152 valence electrons. The molecule has 2 N–H and O–H groups in total. The Morgan fingerprint density at radius 3 is 2.55 bits per heavy atom. The SMILES string of the molecule is COc1ccc(-c2ccccc2)cc1CNc1cccc([C@@H]2CCCCN2)c1.Cl. The van der Waals surface area contributed by atoms with Crippen molar-refractivity contribution in [1.29, 1.82) is 0 Å². The molecule has 29 heavy (non-hydrogen) atoms. The summed E-state index contributed by atoms with van der Waals surface area (Å²) >= 11 is 0. The first-order valence-corrected chi connectivity index (χ1v) is 10.1. The summed E-state index contributed by atoms with van der Waals surface area (Å²) in [6.45, 7) is 1.84. The summed E-state index contributed by atoms with van der Waals surface area (Å²) in [7, 11) is 1.73. The van der Waals surface area contributed by atoms with E-state index in [1.54, 1.807) is 7.11 Å². The minimum absolute atomic E-state index is 0. The van der Waals surface area contributed by atoms with Crippen LogP contribution in [0.15, 0.2) is 72.8 Å². The molecule has 1 atom stereocenters. The molecule has 0 aromatic heterocycles. The fourth-order valence-electron chi connectivity index (χ4n) is 3.93. The fraction of sp³-hybridized carbons (Fsp3) is 0.280. The van der Waals surface area contributed by atoms with Gasteiger partial charge in [0.05, 0.1) is 7.11 Å².